The van der Waals surface area contributed by atoms with Crippen LogP contribution in [-0.4, -0.2) is 22.7 Å². The molecule has 1 heterocycles. The maximum absolute atomic E-state index is 9.55. The molecule has 1 atom stereocenters. The number of aromatic nitrogens is 1. The largest absolute Gasteiger partial charge is 0.392 e. The van der Waals surface area contributed by atoms with Gasteiger partial charge in [-0.05, 0) is 17.5 Å². The zero-order valence-corrected chi connectivity index (χ0v) is 9.83. The first-order valence-electron chi connectivity index (χ1n) is 5.09. The van der Waals surface area contributed by atoms with E-state index in [-0.39, 0.29) is 12.0 Å². The van der Waals surface area contributed by atoms with Crippen molar-refractivity contribution < 1.29 is 5.11 Å². The van der Waals surface area contributed by atoms with Gasteiger partial charge in [0.1, 0.15) is 5.15 Å². The monoisotopic (exact) mass is 228 g/mol. The summed E-state index contributed by atoms with van der Waals surface area (Å²) in [4.78, 5) is 3.97. The molecule has 1 aromatic rings. The van der Waals surface area contributed by atoms with Crippen molar-refractivity contribution in [1.29, 1.82) is 0 Å². The second-order valence-corrected chi connectivity index (χ2v) is 4.32. The zero-order valence-electron chi connectivity index (χ0n) is 9.07. The molecule has 0 radical (unpaired) electrons. The third-order valence-corrected chi connectivity index (χ3v) is 2.46. The van der Waals surface area contributed by atoms with Crippen molar-refractivity contribution in [3.63, 3.8) is 0 Å². The van der Waals surface area contributed by atoms with Crippen molar-refractivity contribution in [3.8, 4) is 0 Å². The van der Waals surface area contributed by atoms with Gasteiger partial charge in [0.05, 0.1) is 6.10 Å². The summed E-state index contributed by atoms with van der Waals surface area (Å²) in [5.41, 5.74) is 1.07. The van der Waals surface area contributed by atoms with Crippen LogP contribution in [0.4, 0.5) is 0 Å². The van der Waals surface area contributed by atoms with Crippen molar-refractivity contribution in [2.24, 2.45) is 5.92 Å². The van der Waals surface area contributed by atoms with Gasteiger partial charge in [0.25, 0.3) is 0 Å². The molecular formula is C11H17ClN2O. The van der Waals surface area contributed by atoms with E-state index in [1.54, 1.807) is 12.3 Å². The van der Waals surface area contributed by atoms with Crippen LogP contribution in [0.5, 0.6) is 0 Å². The molecule has 0 spiro atoms. The minimum Gasteiger partial charge on any atom is -0.392 e. The van der Waals surface area contributed by atoms with Gasteiger partial charge in [-0.1, -0.05) is 31.5 Å². The van der Waals surface area contributed by atoms with E-state index in [0.29, 0.717) is 18.2 Å². The van der Waals surface area contributed by atoms with Crippen LogP contribution in [-0.2, 0) is 6.54 Å². The fraction of sp³-hybridized carbons (Fsp3) is 0.545. The third kappa shape index (κ3) is 4.60. The molecule has 1 rings (SSSR count). The number of aliphatic hydroxyl groups excluding tert-OH is 1. The fourth-order valence-corrected chi connectivity index (χ4v) is 1.22. The summed E-state index contributed by atoms with van der Waals surface area (Å²) < 4.78 is 0. The molecule has 2 N–H and O–H groups in total. The molecule has 1 unspecified atom stereocenters. The Bertz CT molecular complexity index is 287. The van der Waals surface area contributed by atoms with Gasteiger partial charge in [-0.15, -0.1) is 0 Å². The number of pyridine rings is 1. The maximum atomic E-state index is 9.55. The lowest BCUT2D eigenvalue weighted by Gasteiger charge is -2.14. The smallest absolute Gasteiger partial charge is 0.129 e. The second kappa shape index (κ2) is 6.05. The lowest BCUT2D eigenvalue weighted by molar-refractivity contribution is 0.123. The van der Waals surface area contributed by atoms with Gasteiger partial charge in [0, 0.05) is 19.3 Å². The number of hydrogen-bond acceptors (Lipinski definition) is 3. The first-order chi connectivity index (χ1) is 7.09. The Hall–Kier alpha value is -0.640. The average molecular weight is 229 g/mol. The van der Waals surface area contributed by atoms with E-state index >= 15 is 0 Å². The van der Waals surface area contributed by atoms with Crippen molar-refractivity contribution >= 4 is 11.6 Å². The third-order valence-electron chi connectivity index (χ3n) is 2.24. The Morgan fingerprint density at radius 2 is 2.20 bits per heavy atom. The van der Waals surface area contributed by atoms with Crippen LogP contribution in [0.2, 0.25) is 5.15 Å². The maximum Gasteiger partial charge on any atom is 0.129 e. The van der Waals surface area contributed by atoms with Gasteiger partial charge in [0.15, 0.2) is 0 Å². The molecule has 84 valence electrons. The Morgan fingerprint density at radius 3 is 2.73 bits per heavy atom. The number of rotatable bonds is 5. The molecule has 0 fully saturated rings. The van der Waals surface area contributed by atoms with Gasteiger partial charge in [0.2, 0.25) is 0 Å². The molecule has 0 aliphatic heterocycles. The van der Waals surface area contributed by atoms with E-state index in [1.165, 1.54) is 0 Å². The molecule has 0 bridgehead atoms. The molecule has 3 nitrogen and oxygen atoms in total. The molecule has 0 aliphatic rings. The van der Waals surface area contributed by atoms with Crippen molar-refractivity contribution in [2.45, 2.75) is 26.5 Å². The van der Waals surface area contributed by atoms with Gasteiger partial charge < -0.3 is 10.4 Å². The standard InChI is InChI=1S/C11H17ClN2O/c1-8(2)10(15)7-13-5-9-3-4-11(12)14-6-9/h3-4,6,8,10,13,15H,5,7H2,1-2H3. The highest BCUT2D eigenvalue weighted by atomic mass is 35.5. The van der Waals surface area contributed by atoms with Gasteiger partial charge in [-0.2, -0.15) is 0 Å². The predicted molar refractivity (Wildman–Crippen MR) is 61.8 cm³/mol. The van der Waals surface area contributed by atoms with E-state index in [4.69, 9.17) is 11.6 Å². The highest BCUT2D eigenvalue weighted by Gasteiger charge is 2.07. The predicted octanol–water partition coefficient (Wildman–Crippen LogP) is 1.84. The van der Waals surface area contributed by atoms with E-state index < -0.39 is 0 Å². The Balaban J connectivity index is 2.29. The average Bonchev–Trinajstić information content (AvgIpc) is 2.20. The van der Waals surface area contributed by atoms with E-state index in [9.17, 15) is 5.11 Å². The highest BCUT2D eigenvalue weighted by molar-refractivity contribution is 6.29. The Labute approximate surface area is 95.5 Å². The normalized spacial score (nSPS) is 13.1. The van der Waals surface area contributed by atoms with Crippen LogP contribution in [0.3, 0.4) is 0 Å². The van der Waals surface area contributed by atoms with E-state index in [1.807, 2.05) is 19.9 Å². The lowest BCUT2D eigenvalue weighted by Crippen LogP contribution is -2.30. The van der Waals surface area contributed by atoms with Crippen LogP contribution in [0, 0.1) is 5.92 Å². The van der Waals surface area contributed by atoms with Crippen molar-refractivity contribution in [1.82, 2.24) is 10.3 Å². The summed E-state index contributed by atoms with van der Waals surface area (Å²) in [6, 6.07) is 3.68. The molecular weight excluding hydrogens is 212 g/mol. The van der Waals surface area contributed by atoms with Crippen LogP contribution >= 0.6 is 11.6 Å². The Kier molecular flexibility index (Phi) is 5.02. The number of nitrogens with one attached hydrogen (secondary N) is 1. The Morgan fingerprint density at radius 1 is 1.47 bits per heavy atom. The molecule has 0 saturated carbocycles. The molecule has 0 amide bonds. The second-order valence-electron chi connectivity index (χ2n) is 3.93. The SMILES string of the molecule is CC(C)C(O)CNCc1ccc(Cl)nc1. The minimum absolute atomic E-state index is 0.279. The first kappa shape index (κ1) is 12.4. The summed E-state index contributed by atoms with van der Waals surface area (Å²) in [7, 11) is 0. The molecule has 0 aromatic carbocycles. The first-order valence-corrected chi connectivity index (χ1v) is 5.46. The van der Waals surface area contributed by atoms with Crippen molar-refractivity contribution in [3.05, 3.63) is 29.0 Å². The van der Waals surface area contributed by atoms with Gasteiger partial charge in [-0.3, -0.25) is 0 Å². The summed E-state index contributed by atoms with van der Waals surface area (Å²) in [5, 5.41) is 13.2. The number of hydrogen-bond donors (Lipinski definition) is 2. The van der Waals surface area contributed by atoms with Crippen LogP contribution in [0.15, 0.2) is 18.3 Å². The zero-order chi connectivity index (χ0) is 11.3. The van der Waals surface area contributed by atoms with Crippen LogP contribution < -0.4 is 5.32 Å². The summed E-state index contributed by atoms with van der Waals surface area (Å²) in [6.07, 6.45) is 1.43. The number of nitrogens with zero attached hydrogens (tertiary/aromatic N) is 1. The molecule has 0 saturated heterocycles. The fourth-order valence-electron chi connectivity index (χ4n) is 1.11. The van der Waals surface area contributed by atoms with Crippen molar-refractivity contribution in [2.75, 3.05) is 6.54 Å². The summed E-state index contributed by atoms with van der Waals surface area (Å²) in [6.45, 7) is 5.29. The molecule has 15 heavy (non-hydrogen) atoms. The molecule has 0 aliphatic carbocycles. The summed E-state index contributed by atoms with van der Waals surface area (Å²) >= 11 is 5.67. The van der Waals surface area contributed by atoms with Gasteiger partial charge >= 0.3 is 0 Å². The van der Waals surface area contributed by atoms with E-state index in [2.05, 4.69) is 10.3 Å². The highest BCUT2D eigenvalue weighted by Crippen LogP contribution is 2.05. The summed E-state index contributed by atoms with van der Waals surface area (Å²) in [5.74, 6) is 0.279. The van der Waals surface area contributed by atoms with Gasteiger partial charge in [-0.25, -0.2) is 4.98 Å². The van der Waals surface area contributed by atoms with Crippen LogP contribution in [0.1, 0.15) is 19.4 Å². The van der Waals surface area contributed by atoms with Crippen LogP contribution in [0.25, 0.3) is 0 Å². The topological polar surface area (TPSA) is 45.1 Å². The number of aliphatic hydroxyl groups is 1. The quantitative estimate of drug-likeness (QED) is 0.756. The molecule has 1 aromatic heterocycles. The lowest BCUT2D eigenvalue weighted by atomic mass is 10.1. The van der Waals surface area contributed by atoms with E-state index in [0.717, 1.165) is 5.56 Å². The minimum atomic E-state index is -0.301. The molecule has 4 heteroatoms. The number of halogens is 1.